The molecule has 1 aromatic rings. The van der Waals surface area contributed by atoms with Gasteiger partial charge in [0.1, 0.15) is 11.1 Å². The average molecular weight is 285 g/mol. The summed E-state index contributed by atoms with van der Waals surface area (Å²) in [5.41, 5.74) is 1.15. The zero-order valence-electron chi connectivity index (χ0n) is 10.3. The maximum atomic E-state index is 11.2. The lowest BCUT2D eigenvalue weighted by Gasteiger charge is -2.25. The number of nitro benzene ring substituents is 1. The van der Waals surface area contributed by atoms with Crippen LogP contribution < -0.4 is 4.90 Å². The molecule has 1 aromatic carbocycles. The molecule has 0 aromatic heterocycles. The van der Waals surface area contributed by atoms with E-state index >= 15 is 0 Å². The highest BCUT2D eigenvalue weighted by atomic mass is 35.5. The zero-order chi connectivity index (χ0) is 14.2. The Hall–Kier alpha value is -1.82. The Morgan fingerprint density at radius 1 is 1.58 bits per heavy atom. The maximum absolute atomic E-state index is 11.2. The molecule has 1 unspecified atom stereocenters. The van der Waals surface area contributed by atoms with E-state index in [-0.39, 0.29) is 10.7 Å². The lowest BCUT2D eigenvalue weighted by atomic mass is 10.1. The van der Waals surface area contributed by atoms with Crippen molar-refractivity contribution in [3.05, 3.63) is 32.8 Å². The summed E-state index contributed by atoms with van der Waals surface area (Å²) in [4.78, 5) is 23.2. The Labute approximate surface area is 114 Å². The second-order valence-electron chi connectivity index (χ2n) is 4.54. The van der Waals surface area contributed by atoms with E-state index in [0.717, 1.165) is 6.42 Å². The third-order valence-electron chi connectivity index (χ3n) is 3.31. The fraction of sp³-hybridized carbons (Fsp3) is 0.417. The number of carbonyl (C=O) groups is 1. The van der Waals surface area contributed by atoms with Crippen LogP contribution in [0.2, 0.25) is 5.02 Å². The monoisotopic (exact) mass is 284 g/mol. The molecule has 0 saturated carbocycles. The fourth-order valence-corrected chi connectivity index (χ4v) is 2.64. The van der Waals surface area contributed by atoms with Crippen LogP contribution in [-0.2, 0) is 4.79 Å². The molecule has 102 valence electrons. The highest BCUT2D eigenvalue weighted by Crippen LogP contribution is 2.35. The van der Waals surface area contributed by atoms with Gasteiger partial charge in [-0.1, -0.05) is 11.6 Å². The number of rotatable bonds is 3. The second kappa shape index (κ2) is 5.05. The number of nitro groups is 1. The minimum Gasteiger partial charge on any atom is -0.480 e. The number of nitrogens with zero attached hydrogens (tertiary/aromatic N) is 2. The Morgan fingerprint density at radius 3 is 2.84 bits per heavy atom. The van der Waals surface area contributed by atoms with Gasteiger partial charge in [0.2, 0.25) is 0 Å². The standard InChI is InChI=1S/C12H13ClN2O4/c1-7-5-11(15(18)19)8(13)6-10(7)14-4-2-3-9(14)12(16)17/h5-6,9H,2-4H2,1H3,(H,16,17). The molecule has 0 radical (unpaired) electrons. The van der Waals surface area contributed by atoms with E-state index in [2.05, 4.69) is 0 Å². The SMILES string of the molecule is Cc1cc([N+](=O)[O-])c(Cl)cc1N1CCCC1C(=O)O. The Kier molecular flexibility index (Phi) is 3.61. The number of halogens is 1. The highest BCUT2D eigenvalue weighted by molar-refractivity contribution is 6.33. The molecule has 1 saturated heterocycles. The van der Waals surface area contributed by atoms with E-state index < -0.39 is 16.9 Å². The molecule has 1 aliphatic rings. The lowest BCUT2D eigenvalue weighted by Crippen LogP contribution is -2.36. The molecular formula is C12H13ClN2O4. The van der Waals surface area contributed by atoms with E-state index in [1.807, 2.05) is 0 Å². The largest absolute Gasteiger partial charge is 0.480 e. The number of aliphatic carboxylic acids is 1. The quantitative estimate of drug-likeness (QED) is 0.681. The maximum Gasteiger partial charge on any atom is 0.326 e. The van der Waals surface area contributed by atoms with Crippen LogP contribution in [0.3, 0.4) is 0 Å². The number of hydrogen-bond donors (Lipinski definition) is 1. The summed E-state index contributed by atoms with van der Waals surface area (Å²) in [6.07, 6.45) is 1.36. The molecule has 1 fully saturated rings. The van der Waals surface area contributed by atoms with Crippen molar-refractivity contribution in [2.24, 2.45) is 0 Å². The summed E-state index contributed by atoms with van der Waals surface area (Å²) < 4.78 is 0. The van der Waals surface area contributed by atoms with Crippen molar-refractivity contribution in [2.75, 3.05) is 11.4 Å². The molecule has 1 N–H and O–H groups in total. The van der Waals surface area contributed by atoms with Crippen molar-refractivity contribution in [1.29, 1.82) is 0 Å². The van der Waals surface area contributed by atoms with Crippen LogP contribution in [0.4, 0.5) is 11.4 Å². The van der Waals surface area contributed by atoms with E-state index in [1.165, 1.54) is 12.1 Å². The van der Waals surface area contributed by atoms with Crippen LogP contribution in [0.15, 0.2) is 12.1 Å². The van der Waals surface area contributed by atoms with Crippen molar-refractivity contribution in [3.8, 4) is 0 Å². The van der Waals surface area contributed by atoms with Crippen molar-refractivity contribution in [2.45, 2.75) is 25.8 Å². The van der Waals surface area contributed by atoms with Crippen molar-refractivity contribution >= 4 is 28.9 Å². The summed E-state index contributed by atoms with van der Waals surface area (Å²) in [5, 5.41) is 20.0. The fourth-order valence-electron chi connectivity index (χ4n) is 2.42. The molecule has 6 nitrogen and oxygen atoms in total. The number of anilines is 1. The van der Waals surface area contributed by atoms with Crippen LogP contribution in [-0.4, -0.2) is 28.6 Å². The zero-order valence-corrected chi connectivity index (χ0v) is 11.1. The van der Waals surface area contributed by atoms with E-state index in [0.29, 0.717) is 24.2 Å². The van der Waals surface area contributed by atoms with Gasteiger partial charge in [0.05, 0.1) is 4.92 Å². The summed E-state index contributed by atoms with van der Waals surface area (Å²) in [6.45, 7) is 2.34. The van der Waals surface area contributed by atoms with Crippen LogP contribution in [0, 0.1) is 17.0 Å². The smallest absolute Gasteiger partial charge is 0.326 e. The molecule has 0 bridgehead atoms. The van der Waals surface area contributed by atoms with Gasteiger partial charge in [-0.05, 0) is 31.4 Å². The molecule has 1 aliphatic heterocycles. The van der Waals surface area contributed by atoms with Gasteiger partial charge in [-0.25, -0.2) is 4.79 Å². The highest BCUT2D eigenvalue weighted by Gasteiger charge is 2.32. The number of carboxylic acids is 1. The van der Waals surface area contributed by atoms with Crippen LogP contribution in [0.25, 0.3) is 0 Å². The molecular weight excluding hydrogens is 272 g/mol. The van der Waals surface area contributed by atoms with Gasteiger partial charge >= 0.3 is 5.97 Å². The molecule has 2 rings (SSSR count). The Balaban J connectivity index is 2.43. The van der Waals surface area contributed by atoms with Crippen molar-refractivity contribution in [3.63, 3.8) is 0 Å². The van der Waals surface area contributed by atoms with Gasteiger partial charge in [0.25, 0.3) is 5.69 Å². The molecule has 0 spiro atoms. The van der Waals surface area contributed by atoms with Crippen molar-refractivity contribution < 1.29 is 14.8 Å². The topological polar surface area (TPSA) is 83.7 Å². The van der Waals surface area contributed by atoms with Gasteiger partial charge in [0.15, 0.2) is 0 Å². The molecule has 0 amide bonds. The van der Waals surface area contributed by atoms with Gasteiger partial charge in [0, 0.05) is 18.3 Å². The lowest BCUT2D eigenvalue weighted by molar-refractivity contribution is -0.384. The van der Waals surface area contributed by atoms with Crippen LogP contribution in [0.5, 0.6) is 0 Å². The summed E-state index contributed by atoms with van der Waals surface area (Å²) in [5.74, 6) is -0.883. The first-order valence-electron chi connectivity index (χ1n) is 5.86. The molecule has 7 heteroatoms. The minimum atomic E-state index is -0.883. The van der Waals surface area contributed by atoms with Gasteiger partial charge in [-0.15, -0.1) is 0 Å². The summed E-state index contributed by atoms with van der Waals surface area (Å²) in [6, 6.07) is 2.28. The molecule has 1 atom stereocenters. The Morgan fingerprint density at radius 2 is 2.26 bits per heavy atom. The van der Waals surface area contributed by atoms with Crippen molar-refractivity contribution in [1.82, 2.24) is 0 Å². The third kappa shape index (κ3) is 2.49. The molecule has 0 aliphatic carbocycles. The Bertz CT molecular complexity index is 547. The minimum absolute atomic E-state index is 0.0293. The first-order valence-corrected chi connectivity index (χ1v) is 6.23. The summed E-state index contributed by atoms with van der Waals surface area (Å²) in [7, 11) is 0. The number of aryl methyl sites for hydroxylation is 1. The number of hydrogen-bond acceptors (Lipinski definition) is 4. The first kappa shape index (κ1) is 13.6. The number of carboxylic acid groups (broad SMARTS) is 1. The first-order chi connectivity index (χ1) is 8.91. The van der Waals surface area contributed by atoms with Crippen LogP contribution >= 0.6 is 11.6 Å². The third-order valence-corrected chi connectivity index (χ3v) is 3.61. The van der Waals surface area contributed by atoms with E-state index in [9.17, 15) is 14.9 Å². The average Bonchev–Trinajstić information content (AvgIpc) is 2.80. The second-order valence-corrected chi connectivity index (χ2v) is 4.94. The predicted octanol–water partition coefficient (Wildman–Crippen LogP) is 2.61. The van der Waals surface area contributed by atoms with Gasteiger partial charge in [-0.2, -0.15) is 0 Å². The molecule has 19 heavy (non-hydrogen) atoms. The van der Waals surface area contributed by atoms with Gasteiger partial charge < -0.3 is 10.0 Å². The normalized spacial score (nSPS) is 18.6. The predicted molar refractivity (Wildman–Crippen MR) is 70.8 cm³/mol. The molecule has 1 heterocycles. The van der Waals surface area contributed by atoms with E-state index in [1.54, 1.807) is 11.8 Å². The van der Waals surface area contributed by atoms with Gasteiger partial charge in [-0.3, -0.25) is 10.1 Å². The summed E-state index contributed by atoms with van der Waals surface area (Å²) >= 11 is 5.89. The van der Waals surface area contributed by atoms with Crippen LogP contribution in [0.1, 0.15) is 18.4 Å². The number of benzene rings is 1. The van der Waals surface area contributed by atoms with E-state index in [4.69, 9.17) is 16.7 Å².